The average Bonchev–Trinajstić information content (AvgIpc) is 3.01. The molecule has 3 rings (SSSR count). The smallest absolute Gasteiger partial charge is 0.307 e. The normalized spacial score (nSPS) is 24.2. The van der Waals surface area contributed by atoms with Gasteiger partial charge in [0.15, 0.2) is 0 Å². The van der Waals surface area contributed by atoms with Gasteiger partial charge in [0, 0.05) is 12.6 Å². The van der Waals surface area contributed by atoms with Crippen LogP contribution in [-0.2, 0) is 16.0 Å². The number of nitrogens with zero attached hydrogens (tertiary/aromatic N) is 1. The lowest BCUT2D eigenvalue weighted by molar-refractivity contribution is -0.157. The first-order valence-corrected chi connectivity index (χ1v) is 8.74. The van der Waals surface area contributed by atoms with Gasteiger partial charge in [0.2, 0.25) is 5.91 Å². The Labute approximate surface area is 137 Å². The molecule has 23 heavy (non-hydrogen) atoms. The summed E-state index contributed by atoms with van der Waals surface area (Å²) in [6, 6.07) is 10.5. The summed E-state index contributed by atoms with van der Waals surface area (Å²) in [6.45, 7) is 0.705. The van der Waals surface area contributed by atoms with Crippen LogP contribution in [0.4, 0.5) is 0 Å². The molecule has 1 aromatic carbocycles. The Morgan fingerprint density at radius 1 is 1.00 bits per heavy atom. The number of carboxylic acid groups (broad SMARTS) is 1. The van der Waals surface area contributed by atoms with Crippen molar-refractivity contribution in [2.45, 2.75) is 51.0 Å². The maximum Gasteiger partial charge on any atom is 0.307 e. The third-order valence-corrected chi connectivity index (χ3v) is 5.44. The fourth-order valence-electron chi connectivity index (χ4n) is 3.89. The first-order valence-electron chi connectivity index (χ1n) is 8.74. The summed E-state index contributed by atoms with van der Waals surface area (Å²) < 4.78 is 0. The predicted octanol–water partition coefficient (Wildman–Crippen LogP) is 3.11. The van der Waals surface area contributed by atoms with Crippen molar-refractivity contribution in [3.8, 4) is 0 Å². The summed E-state index contributed by atoms with van der Waals surface area (Å²) >= 11 is 0. The maximum absolute atomic E-state index is 12.9. The Morgan fingerprint density at radius 3 is 2.22 bits per heavy atom. The van der Waals surface area contributed by atoms with Crippen molar-refractivity contribution in [3.63, 3.8) is 0 Å². The van der Waals surface area contributed by atoms with Crippen LogP contribution in [-0.4, -0.2) is 34.5 Å². The Balaban J connectivity index is 1.68. The second-order valence-corrected chi connectivity index (χ2v) is 6.83. The SMILES string of the molecule is O=C(O)C1CCC1C(=O)N(CCc1ccccc1)C1CCCC1. The van der Waals surface area contributed by atoms with Crippen LogP contribution in [0.1, 0.15) is 44.1 Å². The largest absolute Gasteiger partial charge is 0.481 e. The van der Waals surface area contributed by atoms with Crippen LogP contribution >= 0.6 is 0 Å². The van der Waals surface area contributed by atoms with Gasteiger partial charge in [-0.1, -0.05) is 43.2 Å². The van der Waals surface area contributed by atoms with E-state index in [1.165, 1.54) is 18.4 Å². The molecular formula is C19H25NO3. The van der Waals surface area contributed by atoms with Crippen molar-refractivity contribution in [2.75, 3.05) is 6.54 Å². The molecule has 2 unspecified atom stereocenters. The topological polar surface area (TPSA) is 57.6 Å². The minimum atomic E-state index is -0.816. The zero-order chi connectivity index (χ0) is 16.2. The van der Waals surface area contributed by atoms with E-state index in [2.05, 4.69) is 12.1 Å². The van der Waals surface area contributed by atoms with E-state index in [1.807, 2.05) is 23.1 Å². The highest BCUT2D eigenvalue weighted by Crippen LogP contribution is 2.37. The quantitative estimate of drug-likeness (QED) is 0.877. The molecule has 124 valence electrons. The Kier molecular flexibility index (Phi) is 4.99. The fourth-order valence-corrected chi connectivity index (χ4v) is 3.89. The molecular weight excluding hydrogens is 290 g/mol. The minimum absolute atomic E-state index is 0.0754. The minimum Gasteiger partial charge on any atom is -0.481 e. The maximum atomic E-state index is 12.9. The molecule has 1 amide bonds. The van der Waals surface area contributed by atoms with Crippen molar-refractivity contribution >= 4 is 11.9 Å². The van der Waals surface area contributed by atoms with Crippen molar-refractivity contribution in [1.29, 1.82) is 0 Å². The number of hydrogen-bond donors (Lipinski definition) is 1. The number of carbonyl (C=O) groups is 2. The second-order valence-electron chi connectivity index (χ2n) is 6.83. The van der Waals surface area contributed by atoms with Crippen LogP contribution < -0.4 is 0 Å². The molecule has 0 heterocycles. The lowest BCUT2D eigenvalue weighted by Gasteiger charge is -2.39. The molecule has 0 aromatic heterocycles. The Bertz CT molecular complexity index is 551. The summed E-state index contributed by atoms with van der Waals surface area (Å²) in [7, 11) is 0. The van der Waals surface area contributed by atoms with Crippen LogP contribution in [0.15, 0.2) is 30.3 Å². The molecule has 1 aromatic rings. The van der Waals surface area contributed by atoms with Gasteiger partial charge in [0.1, 0.15) is 0 Å². The molecule has 2 saturated carbocycles. The summed E-state index contributed by atoms with van der Waals surface area (Å²) in [5, 5.41) is 9.24. The number of hydrogen-bond acceptors (Lipinski definition) is 2. The number of carboxylic acids is 1. The van der Waals surface area contributed by atoms with Crippen LogP contribution in [0, 0.1) is 11.8 Å². The van der Waals surface area contributed by atoms with Gasteiger partial charge in [-0.05, 0) is 37.7 Å². The number of carbonyl (C=O) groups excluding carboxylic acids is 1. The van der Waals surface area contributed by atoms with Crippen molar-refractivity contribution < 1.29 is 14.7 Å². The van der Waals surface area contributed by atoms with E-state index in [0.717, 1.165) is 25.7 Å². The number of benzene rings is 1. The van der Waals surface area contributed by atoms with Gasteiger partial charge < -0.3 is 10.0 Å². The molecule has 2 aliphatic rings. The molecule has 2 aliphatic carbocycles. The predicted molar refractivity (Wildman–Crippen MR) is 88.0 cm³/mol. The monoisotopic (exact) mass is 315 g/mol. The van der Waals surface area contributed by atoms with E-state index < -0.39 is 11.9 Å². The van der Waals surface area contributed by atoms with Gasteiger partial charge in [-0.3, -0.25) is 9.59 Å². The third-order valence-electron chi connectivity index (χ3n) is 5.44. The number of amides is 1. The van der Waals surface area contributed by atoms with Gasteiger partial charge in [-0.2, -0.15) is 0 Å². The van der Waals surface area contributed by atoms with Crippen molar-refractivity contribution in [3.05, 3.63) is 35.9 Å². The van der Waals surface area contributed by atoms with Crippen molar-refractivity contribution in [2.24, 2.45) is 11.8 Å². The summed E-state index contributed by atoms with van der Waals surface area (Å²) in [5.74, 6) is -1.51. The van der Waals surface area contributed by atoms with Crippen LogP contribution in [0.2, 0.25) is 0 Å². The van der Waals surface area contributed by atoms with E-state index in [0.29, 0.717) is 19.0 Å². The van der Waals surface area contributed by atoms with E-state index in [1.54, 1.807) is 0 Å². The number of rotatable bonds is 6. The highest BCUT2D eigenvalue weighted by atomic mass is 16.4. The van der Waals surface area contributed by atoms with E-state index in [-0.39, 0.29) is 11.8 Å². The van der Waals surface area contributed by atoms with Crippen molar-refractivity contribution in [1.82, 2.24) is 4.90 Å². The average molecular weight is 315 g/mol. The zero-order valence-corrected chi connectivity index (χ0v) is 13.5. The molecule has 0 saturated heterocycles. The first kappa shape index (κ1) is 16.0. The molecule has 1 N–H and O–H groups in total. The fraction of sp³-hybridized carbons (Fsp3) is 0.579. The van der Waals surface area contributed by atoms with Gasteiger partial charge in [-0.15, -0.1) is 0 Å². The molecule has 4 nitrogen and oxygen atoms in total. The highest BCUT2D eigenvalue weighted by Gasteiger charge is 2.44. The van der Waals surface area contributed by atoms with Gasteiger partial charge in [0.05, 0.1) is 11.8 Å². The summed E-state index contributed by atoms with van der Waals surface area (Å²) in [6.07, 6.45) is 6.68. The lowest BCUT2D eigenvalue weighted by atomic mass is 9.72. The molecule has 0 aliphatic heterocycles. The molecule has 2 fully saturated rings. The highest BCUT2D eigenvalue weighted by molar-refractivity contribution is 5.86. The van der Waals surface area contributed by atoms with Gasteiger partial charge in [-0.25, -0.2) is 0 Å². The molecule has 0 spiro atoms. The summed E-state index contributed by atoms with van der Waals surface area (Å²) in [4.78, 5) is 26.2. The summed E-state index contributed by atoms with van der Waals surface area (Å²) in [5.41, 5.74) is 1.23. The van der Waals surface area contributed by atoms with Crippen LogP contribution in [0.5, 0.6) is 0 Å². The van der Waals surface area contributed by atoms with Gasteiger partial charge >= 0.3 is 5.97 Å². The molecule has 2 atom stereocenters. The third kappa shape index (κ3) is 3.57. The number of aliphatic carboxylic acids is 1. The Hall–Kier alpha value is -1.84. The molecule has 0 bridgehead atoms. The van der Waals surface area contributed by atoms with E-state index >= 15 is 0 Å². The molecule has 4 heteroatoms. The van der Waals surface area contributed by atoms with Crippen LogP contribution in [0.3, 0.4) is 0 Å². The Morgan fingerprint density at radius 2 is 1.65 bits per heavy atom. The van der Waals surface area contributed by atoms with E-state index in [4.69, 9.17) is 0 Å². The second kappa shape index (κ2) is 7.16. The van der Waals surface area contributed by atoms with Crippen LogP contribution in [0.25, 0.3) is 0 Å². The standard InChI is InChI=1S/C19H25NO3/c21-18(16-10-11-17(16)19(22)23)20(15-8-4-5-9-15)13-12-14-6-2-1-3-7-14/h1-3,6-7,15-17H,4-5,8-13H2,(H,22,23). The molecule has 0 radical (unpaired) electrons. The zero-order valence-electron chi connectivity index (χ0n) is 13.5. The van der Waals surface area contributed by atoms with Gasteiger partial charge in [0.25, 0.3) is 0 Å². The first-order chi connectivity index (χ1) is 11.2. The van der Waals surface area contributed by atoms with E-state index in [9.17, 15) is 14.7 Å². The lowest BCUT2D eigenvalue weighted by Crippen LogP contribution is -2.49.